The van der Waals surface area contributed by atoms with Gasteiger partial charge in [-0.3, -0.25) is 0 Å². The predicted molar refractivity (Wildman–Crippen MR) is 187 cm³/mol. The molecule has 0 fully saturated rings. The Morgan fingerprint density at radius 3 is 1.73 bits per heavy atom. The molecular formula is C37H24I2O. The molecule has 0 aliphatic heterocycles. The maximum Gasteiger partial charge on any atom is 0.127 e. The fraction of sp³-hybridized carbons (Fsp3) is 0.0270. The van der Waals surface area contributed by atoms with E-state index in [1.807, 2.05) is 0 Å². The normalized spacial score (nSPS) is 11.4. The zero-order chi connectivity index (χ0) is 27.2. The summed E-state index contributed by atoms with van der Waals surface area (Å²) in [6.45, 7) is 0. The SMILES string of the molecule is COc1cccc2cccc(-c3cccc4ccc(-c5ccc6cccc(I)c6c5-c5ccccc5)c(I)c34)c12. The second-order valence-corrected chi connectivity index (χ2v) is 12.1. The van der Waals surface area contributed by atoms with Crippen LogP contribution < -0.4 is 4.74 Å². The predicted octanol–water partition coefficient (Wildman–Crippen LogP) is 11.4. The van der Waals surface area contributed by atoms with Crippen LogP contribution in [0, 0.1) is 7.14 Å². The molecule has 0 aliphatic rings. The van der Waals surface area contributed by atoms with Gasteiger partial charge in [0.2, 0.25) is 0 Å². The van der Waals surface area contributed by atoms with Crippen LogP contribution in [0.15, 0.2) is 127 Å². The van der Waals surface area contributed by atoms with Crippen molar-refractivity contribution in [2.24, 2.45) is 0 Å². The van der Waals surface area contributed by atoms with Gasteiger partial charge in [0, 0.05) is 23.3 Å². The molecular weight excluding hydrogens is 714 g/mol. The summed E-state index contributed by atoms with van der Waals surface area (Å²) in [6.07, 6.45) is 0. The van der Waals surface area contributed by atoms with Crippen molar-refractivity contribution in [1.29, 1.82) is 0 Å². The number of methoxy groups -OCH3 is 1. The Kier molecular flexibility index (Phi) is 6.72. The minimum Gasteiger partial charge on any atom is -0.496 e. The van der Waals surface area contributed by atoms with Crippen molar-refractivity contribution in [2.75, 3.05) is 7.11 Å². The standard InChI is InChI=1S/C37H24I2O/c1-40-32-18-8-14-23-11-5-15-27(33(23)32)28-16-6-12-25-20-22-30(37(39)35(25)28)29-21-19-26-13-7-17-31(38)36(26)34(29)24-9-3-2-4-10-24/h2-22H,1H3. The van der Waals surface area contributed by atoms with Gasteiger partial charge in [-0.15, -0.1) is 0 Å². The van der Waals surface area contributed by atoms with Gasteiger partial charge in [0.1, 0.15) is 5.75 Å². The quantitative estimate of drug-likeness (QED) is 0.163. The van der Waals surface area contributed by atoms with Crippen molar-refractivity contribution in [3.63, 3.8) is 0 Å². The van der Waals surface area contributed by atoms with Crippen LogP contribution in [-0.4, -0.2) is 7.11 Å². The first-order chi connectivity index (χ1) is 19.7. The van der Waals surface area contributed by atoms with Gasteiger partial charge in [-0.1, -0.05) is 115 Å². The molecule has 40 heavy (non-hydrogen) atoms. The smallest absolute Gasteiger partial charge is 0.127 e. The summed E-state index contributed by atoms with van der Waals surface area (Å²) >= 11 is 5.05. The van der Waals surface area contributed by atoms with Crippen LogP contribution in [0.5, 0.6) is 5.75 Å². The molecule has 0 heterocycles. The Balaban J connectivity index is 1.57. The van der Waals surface area contributed by atoms with Gasteiger partial charge in [0.25, 0.3) is 0 Å². The summed E-state index contributed by atoms with van der Waals surface area (Å²) in [5.41, 5.74) is 7.41. The third kappa shape index (κ3) is 4.18. The van der Waals surface area contributed by atoms with E-state index in [4.69, 9.17) is 4.74 Å². The van der Waals surface area contributed by atoms with E-state index in [9.17, 15) is 0 Å². The average Bonchev–Trinajstić information content (AvgIpc) is 3.00. The van der Waals surface area contributed by atoms with E-state index in [1.54, 1.807) is 7.11 Å². The molecule has 0 N–H and O–H groups in total. The Hall–Kier alpha value is -3.42. The molecule has 0 aliphatic carbocycles. The topological polar surface area (TPSA) is 9.23 Å². The molecule has 0 bridgehead atoms. The first-order valence-corrected chi connectivity index (χ1v) is 15.4. The molecule has 0 radical (unpaired) electrons. The molecule has 3 heteroatoms. The average molecular weight is 738 g/mol. The number of ether oxygens (including phenoxy) is 1. The second kappa shape index (κ2) is 10.5. The van der Waals surface area contributed by atoms with E-state index in [1.165, 1.54) is 67.5 Å². The first kappa shape index (κ1) is 25.5. The monoisotopic (exact) mass is 738 g/mol. The Labute approximate surface area is 261 Å². The van der Waals surface area contributed by atoms with E-state index in [-0.39, 0.29) is 0 Å². The van der Waals surface area contributed by atoms with E-state index < -0.39 is 0 Å². The summed E-state index contributed by atoms with van der Waals surface area (Å²) in [5.74, 6) is 0.895. The largest absolute Gasteiger partial charge is 0.496 e. The molecule has 0 atom stereocenters. The van der Waals surface area contributed by atoms with Crippen LogP contribution in [-0.2, 0) is 0 Å². The zero-order valence-corrected chi connectivity index (χ0v) is 26.1. The maximum absolute atomic E-state index is 5.84. The van der Waals surface area contributed by atoms with Crippen molar-refractivity contribution in [3.8, 4) is 39.1 Å². The van der Waals surface area contributed by atoms with E-state index in [2.05, 4.69) is 173 Å². The molecule has 0 unspecified atom stereocenters. The molecule has 0 saturated carbocycles. The molecule has 0 amide bonds. The Bertz CT molecular complexity index is 2060. The Morgan fingerprint density at radius 2 is 1.02 bits per heavy atom. The van der Waals surface area contributed by atoms with Gasteiger partial charge in [-0.2, -0.15) is 0 Å². The lowest BCUT2D eigenvalue weighted by Crippen LogP contribution is -1.94. The second-order valence-electron chi connectivity index (χ2n) is 9.89. The van der Waals surface area contributed by atoms with Gasteiger partial charge >= 0.3 is 0 Å². The van der Waals surface area contributed by atoms with Crippen molar-refractivity contribution in [2.45, 2.75) is 0 Å². The first-order valence-electron chi connectivity index (χ1n) is 13.2. The lowest BCUT2D eigenvalue weighted by atomic mass is 9.87. The highest BCUT2D eigenvalue weighted by atomic mass is 127. The van der Waals surface area contributed by atoms with Gasteiger partial charge in [0.15, 0.2) is 0 Å². The van der Waals surface area contributed by atoms with Crippen molar-refractivity contribution >= 4 is 77.5 Å². The molecule has 7 aromatic rings. The third-order valence-corrected chi connectivity index (χ3v) is 9.73. The third-order valence-electron chi connectivity index (χ3n) is 7.71. The summed E-state index contributed by atoms with van der Waals surface area (Å²) < 4.78 is 8.35. The number of fused-ring (bicyclic) bond motifs is 3. The molecule has 0 saturated heterocycles. The summed E-state index contributed by atoms with van der Waals surface area (Å²) in [4.78, 5) is 0. The highest BCUT2D eigenvalue weighted by Crippen LogP contribution is 2.45. The van der Waals surface area contributed by atoms with Crippen LogP contribution in [0.25, 0.3) is 65.7 Å². The molecule has 192 valence electrons. The molecule has 7 rings (SSSR count). The number of rotatable bonds is 4. The van der Waals surface area contributed by atoms with E-state index in [0.717, 1.165) is 11.1 Å². The zero-order valence-electron chi connectivity index (χ0n) is 21.8. The molecule has 7 aromatic carbocycles. The van der Waals surface area contributed by atoms with Crippen molar-refractivity contribution in [3.05, 3.63) is 135 Å². The summed E-state index contributed by atoms with van der Waals surface area (Å²) in [6, 6.07) is 45.9. The van der Waals surface area contributed by atoms with E-state index in [0.29, 0.717) is 0 Å². The highest BCUT2D eigenvalue weighted by molar-refractivity contribution is 14.1. The lowest BCUT2D eigenvalue weighted by molar-refractivity contribution is 0.420. The highest BCUT2D eigenvalue weighted by Gasteiger charge is 2.19. The Morgan fingerprint density at radius 1 is 0.450 bits per heavy atom. The number of hydrogen-bond donors (Lipinski definition) is 0. The number of hydrogen-bond acceptors (Lipinski definition) is 1. The van der Waals surface area contributed by atoms with Crippen LogP contribution >= 0.6 is 45.2 Å². The van der Waals surface area contributed by atoms with Crippen molar-refractivity contribution < 1.29 is 4.74 Å². The van der Waals surface area contributed by atoms with Crippen molar-refractivity contribution in [1.82, 2.24) is 0 Å². The summed E-state index contributed by atoms with van der Waals surface area (Å²) in [5, 5.41) is 7.38. The van der Waals surface area contributed by atoms with Crippen LogP contribution in [0.2, 0.25) is 0 Å². The van der Waals surface area contributed by atoms with E-state index >= 15 is 0 Å². The molecule has 1 nitrogen and oxygen atoms in total. The fourth-order valence-corrected chi connectivity index (χ4v) is 7.79. The van der Waals surface area contributed by atoms with Gasteiger partial charge in [-0.05, 0) is 107 Å². The van der Waals surface area contributed by atoms with Gasteiger partial charge in [-0.25, -0.2) is 0 Å². The summed E-state index contributed by atoms with van der Waals surface area (Å²) in [7, 11) is 1.75. The van der Waals surface area contributed by atoms with Gasteiger partial charge < -0.3 is 4.74 Å². The number of halogens is 2. The van der Waals surface area contributed by atoms with Gasteiger partial charge in [0.05, 0.1) is 7.11 Å². The fourth-order valence-electron chi connectivity index (χ4n) is 5.93. The maximum atomic E-state index is 5.84. The lowest BCUT2D eigenvalue weighted by Gasteiger charge is -2.19. The van der Waals surface area contributed by atoms with Crippen LogP contribution in [0.4, 0.5) is 0 Å². The number of benzene rings is 7. The van der Waals surface area contributed by atoms with Crippen LogP contribution in [0.1, 0.15) is 0 Å². The molecule has 0 aromatic heterocycles. The minimum atomic E-state index is 0.895. The van der Waals surface area contributed by atoms with Crippen LogP contribution in [0.3, 0.4) is 0 Å². The molecule has 0 spiro atoms. The minimum absolute atomic E-state index is 0.895.